The highest BCUT2D eigenvalue weighted by atomic mass is 35.5. The molecule has 0 aromatic carbocycles. The van der Waals surface area contributed by atoms with Crippen LogP contribution in [0, 0.1) is 6.92 Å². The Morgan fingerprint density at radius 3 is 2.86 bits per heavy atom. The van der Waals surface area contributed by atoms with E-state index in [1.807, 2.05) is 6.92 Å². The van der Waals surface area contributed by atoms with Crippen molar-refractivity contribution < 1.29 is 9.53 Å². The van der Waals surface area contributed by atoms with Gasteiger partial charge in [0.15, 0.2) is 5.15 Å². The summed E-state index contributed by atoms with van der Waals surface area (Å²) in [5, 5.41) is 7.56. The Hall–Kier alpha value is -1.16. The van der Waals surface area contributed by atoms with E-state index in [1.165, 1.54) is 0 Å². The van der Waals surface area contributed by atoms with Crippen molar-refractivity contribution in [2.75, 3.05) is 0 Å². The van der Waals surface area contributed by atoms with Gasteiger partial charge in [-0.1, -0.05) is 18.5 Å². The number of hydrogen-bond donors (Lipinski definition) is 0. The Bertz CT molecular complexity index is 342. The molecule has 4 nitrogen and oxygen atoms in total. The quantitative estimate of drug-likeness (QED) is 0.724. The Morgan fingerprint density at radius 2 is 2.29 bits per heavy atom. The lowest BCUT2D eigenvalue weighted by atomic mass is 10.3. The number of halogens is 1. The fraction of sp³-hybridized carbons (Fsp3) is 0.444. The van der Waals surface area contributed by atoms with Gasteiger partial charge in [0.1, 0.15) is 0 Å². The van der Waals surface area contributed by atoms with Gasteiger partial charge in [-0.2, -0.15) is 0 Å². The third kappa shape index (κ3) is 2.96. The first kappa shape index (κ1) is 10.9. The van der Waals surface area contributed by atoms with Gasteiger partial charge in [-0.3, -0.25) is 4.79 Å². The van der Waals surface area contributed by atoms with Gasteiger partial charge in [-0.05, 0) is 19.4 Å². The molecule has 0 fully saturated rings. The van der Waals surface area contributed by atoms with E-state index in [1.54, 1.807) is 13.0 Å². The van der Waals surface area contributed by atoms with Gasteiger partial charge >= 0.3 is 5.97 Å². The Balaban J connectivity index is 2.72. The largest absolute Gasteiger partial charge is 0.405 e. The molecule has 0 bridgehead atoms. The first-order chi connectivity index (χ1) is 6.63. The molecule has 0 saturated heterocycles. The van der Waals surface area contributed by atoms with Crippen LogP contribution in [0.4, 0.5) is 0 Å². The van der Waals surface area contributed by atoms with E-state index in [0.717, 1.165) is 6.42 Å². The molecule has 1 heterocycles. The first-order valence-corrected chi connectivity index (χ1v) is 4.71. The number of carbonyl (C=O) groups excluding carboxylic acids is 1. The normalized spacial score (nSPS) is 9.93. The van der Waals surface area contributed by atoms with E-state index in [-0.39, 0.29) is 17.0 Å². The molecule has 0 spiro atoms. The van der Waals surface area contributed by atoms with Crippen molar-refractivity contribution in [1.82, 2.24) is 10.2 Å². The van der Waals surface area contributed by atoms with Crippen LogP contribution in [0.3, 0.4) is 0 Å². The highest BCUT2D eigenvalue weighted by Gasteiger charge is 2.08. The van der Waals surface area contributed by atoms with Crippen LogP contribution in [0.5, 0.6) is 5.88 Å². The molecule has 0 unspecified atom stereocenters. The van der Waals surface area contributed by atoms with E-state index in [2.05, 4.69) is 10.2 Å². The maximum atomic E-state index is 11.1. The number of aromatic nitrogens is 2. The monoisotopic (exact) mass is 214 g/mol. The molecule has 0 atom stereocenters. The molecule has 1 aromatic heterocycles. The minimum atomic E-state index is -0.299. The van der Waals surface area contributed by atoms with E-state index in [0.29, 0.717) is 12.0 Å². The van der Waals surface area contributed by atoms with Crippen LogP contribution in [-0.2, 0) is 4.79 Å². The molecule has 1 rings (SSSR count). The number of aryl methyl sites for hydroxylation is 1. The van der Waals surface area contributed by atoms with Crippen LogP contribution in [0.2, 0.25) is 5.15 Å². The number of hydrogen-bond acceptors (Lipinski definition) is 4. The fourth-order valence-corrected chi connectivity index (χ4v) is 1.11. The Morgan fingerprint density at radius 1 is 1.57 bits per heavy atom. The molecule has 0 amide bonds. The predicted octanol–water partition coefficient (Wildman–Crippen LogP) is 2.14. The molecule has 5 heteroatoms. The van der Waals surface area contributed by atoms with Gasteiger partial charge in [-0.25, -0.2) is 0 Å². The lowest BCUT2D eigenvalue weighted by Crippen LogP contribution is -2.09. The zero-order valence-electron chi connectivity index (χ0n) is 8.08. The van der Waals surface area contributed by atoms with Crippen LogP contribution in [-0.4, -0.2) is 16.2 Å². The summed E-state index contributed by atoms with van der Waals surface area (Å²) in [5.41, 5.74) is 0.703. The maximum absolute atomic E-state index is 11.1. The Labute approximate surface area is 87.2 Å². The molecule has 0 aliphatic heterocycles. The van der Waals surface area contributed by atoms with E-state index >= 15 is 0 Å². The lowest BCUT2D eigenvalue weighted by Gasteiger charge is -2.03. The molecular formula is C9H11ClN2O2. The van der Waals surface area contributed by atoms with Crippen LogP contribution in [0.1, 0.15) is 25.3 Å². The molecule has 1 aromatic rings. The average molecular weight is 215 g/mol. The third-order valence-electron chi connectivity index (χ3n) is 1.57. The van der Waals surface area contributed by atoms with Gasteiger partial charge < -0.3 is 4.74 Å². The molecule has 0 radical (unpaired) electrons. The lowest BCUT2D eigenvalue weighted by molar-refractivity contribution is -0.134. The number of nitrogens with zero attached hydrogens (tertiary/aromatic N) is 2. The number of ether oxygens (including phenoxy) is 1. The molecule has 0 N–H and O–H groups in total. The van der Waals surface area contributed by atoms with Crippen molar-refractivity contribution >= 4 is 17.6 Å². The van der Waals surface area contributed by atoms with Crippen LogP contribution in [0.15, 0.2) is 6.07 Å². The number of rotatable bonds is 3. The summed E-state index contributed by atoms with van der Waals surface area (Å²) in [6, 6.07) is 1.60. The summed E-state index contributed by atoms with van der Waals surface area (Å²) in [7, 11) is 0. The van der Waals surface area contributed by atoms with Gasteiger partial charge in [0, 0.05) is 12.0 Å². The van der Waals surface area contributed by atoms with Crippen LogP contribution in [0.25, 0.3) is 0 Å². The minimum absolute atomic E-state index is 0.229. The van der Waals surface area contributed by atoms with Crippen molar-refractivity contribution in [2.45, 2.75) is 26.7 Å². The second kappa shape index (κ2) is 4.91. The fourth-order valence-electron chi connectivity index (χ4n) is 0.905. The standard InChI is InChI=1S/C9H11ClN2O2/c1-3-4-8(13)14-9-6(2)5-7(10)11-12-9/h5H,3-4H2,1-2H3. The van der Waals surface area contributed by atoms with E-state index in [4.69, 9.17) is 16.3 Å². The molecule has 14 heavy (non-hydrogen) atoms. The van der Waals surface area contributed by atoms with E-state index in [9.17, 15) is 4.79 Å². The van der Waals surface area contributed by atoms with Gasteiger partial charge in [0.05, 0.1) is 0 Å². The molecule has 0 aliphatic carbocycles. The van der Waals surface area contributed by atoms with Gasteiger partial charge in [0.25, 0.3) is 0 Å². The summed E-state index contributed by atoms with van der Waals surface area (Å²) in [6.45, 7) is 3.66. The van der Waals surface area contributed by atoms with Crippen LogP contribution < -0.4 is 4.74 Å². The average Bonchev–Trinajstić information content (AvgIpc) is 2.10. The Kier molecular flexibility index (Phi) is 3.83. The van der Waals surface area contributed by atoms with Gasteiger partial charge in [0.2, 0.25) is 5.88 Å². The predicted molar refractivity (Wildman–Crippen MR) is 52.3 cm³/mol. The summed E-state index contributed by atoms with van der Waals surface area (Å²) in [4.78, 5) is 11.1. The van der Waals surface area contributed by atoms with Crippen molar-refractivity contribution in [3.8, 4) is 5.88 Å². The zero-order chi connectivity index (χ0) is 10.6. The molecule has 76 valence electrons. The minimum Gasteiger partial charge on any atom is -0.405 e. The van der Waals surface area contributed by atoms with Crippen molar-refractivity contribution in [1.29, 1.82) is 0 Å². The molecule has 0 saturated carbocycles. The van der Waals surface area contributed by atoms with Crippen molar-refractivity contribution in [3.05, 3.63) is 16.8 Å². The third-order valence-corrected chi connectivity index (χ3v) is 1.76. The summed E-state index contributed by atoms with van der Waals surface area (Å²) >= 11 is 5.60. The second-order valence-electron chi connectivity index (χ2n) is 2.88. The first-order valence-electron chi connectivity index (χ1n) is 4.34. The molecule has 0 aliphatic rings. The smallest absolute Gasteiger partial charge is 0.312 e. The van der Waals surface area contributed by atoms with E-state index < -0.39 is 0 Å². The zero-order valence-corrected chi connectivity index (χ0v) is 8.84. The van der Waals surface area contributed by atoms with Gasteiger partial charge in [-0.15, -0.1) is 10.2 Å². The highest BCUT2D eigenvalue weighted by molar-refractivity contribution is 6.29. The van der Waals surface area contributed by atoms with Crippen molar-refractivity contribution in [2.24, 2.45) is 0 Å². The summed E-state index contributed by atoms with van der Waals surface area (Å²) in [6.07, 6.45) is 1.13. The second-order valence-corrected chi connectivity index (χ2v) is 3.27. The SMILES string of the molecule is CCCC(=O)Oc1nnc(Cl)cc1C. The summed E-state index contributed by atoms with van der Waals surface area (Å²) < 4.78 is 4.97. The number of carbonyl (C=O) groups is 1. The van der Waals surface area contributed by atoms with Crippen molar-refractivity contribution in [3.63, 3.8) is 0 Å². The number of esters is 1. The highest BCUT2D eigenvalue weighted by Crippen LogP contribution is 2.16. The topological polar surface area (TPSA) is 52.1 Å². The van der Waals surface area contributed by atoms with Crippen LogP contribution >= 0.6 is 11.6 Å². The summed E-state index contributed by atoms with van der Waals surface area (Å²) in [5.74, 6) is -0.0694. The maximum Gasteiger partial charge on any atom is 0.312 e. The molecular weight excluding hydrogens is 204 g/mol.